The zero-order valence-electron chi connectivity index (χ0n) is 14.9. The van der Waals surface area contributed by atoms with Crippen molar-refractivity contribution in [2.75, 3.05) is 33.0 Å². The van der Waals surface area contributed by atoms with Crippen LogP contribution in [-0.2, 0) is 20.8 Å². The Balaban J connectivity index is 1.87. The number of halogens is 1. The molecule has 1 saturated heterocycles. The molecule has 1 atom stereocenters. The molecule has 1 aromatic heterocycles. The Kier molecular flexibility index (Phi) is 6.26. The summed E-state index contributed by atoms with van der Waals surface area (Å²) >= 11 is 6.24. The Morgan fingerprint density at radius 3 is 2.75 bits per heavy atom. The molecule has 2 aromatic rings. The van der Waals surface area contributed by atoms with Crippen molar-refractivity contribution in [3.05, 3.63) is 27.7 Å². The quantitative estimate of drug-likeness (QED) is 0.368. The summed E-state index contributed by atoms with van der Waals surface area (Å²) in [6.07, 6.45) is 0.107. The average molecular weight is 417 g/mol. The summed E-state index contributed by atoms with van der Waals surface area (Å²) in [7, 11) is 0. The van der Waals surface area contributed by atoms with E-state index in [-0.39, 0.29) is 42.9 Å². The van der Waals surface area contributed by atoms with Crippen LogP contribution in [0.2, 0.25) is 5.02 Å². The maximum Gasteiger partial charge on any atom is 0.420 e. The molecular formula is C17H21ClN2O8. The standard InChI is InChI=1S/C17H21ClN2O8/c18-11-4-12-14(5-13(11)27-10-6-25-7-10)28-16(24)20(12)8-17(19,9-22)15(23)26-3-1-2-21/h4-5,10,21-22H,1-3,6-9,19H2. The minimum absolute atomic E-state index is 0.0628. The summed E-state index contributed by atoms with van der Waals surface area (Å²) in [5, 5.41) is 18.6. The maximum absolute atomic E-state index is 12.3. The average Bonchev–Trinajstić information content (AvgIpc) is 2.92. The van der Waals surface area contributed by atoms with Crippen LogP contribution in [0, 0.1) is 0 Å². The van der Waals surface area contributed by atoms with Gasteiger partial charge in [-0.15, -0.1) is 0 Å². The van der Waals surface area contributed by atoms with E-state index in [1.54, 1.807) is 0 Å². The van der Waals surface area contributed by atoms with Gasteiger partial charge in [-0.2, -0.15) is 0 Å². The zero-order valence-corrected chi connectivity index (χ0v) is 15.7. The van der Waals surface area contributed by atoms with Gasteiger partial charge in [0.1, 0.15) is 11.9 Å². The highest BCUT2D eigenvalue weighted by molar-refractivity contribution is 6.32. The normalized spacial score (nSPS) is 16.6. The molecule has 1 fully saturated rings. The molecule has 0 saturated carbocycles. The van der Waals surface area contributed by atoms with Crippen molar-refractivity contribution < 1.29 is 33.6 Å². The number of carbonyl (C=O) groups excluding carboxylic acids is 1. The van der Waals surface area contributed by atoms with Gasteiger partial charge < -0.3 is 34.6 Å². The van der Waals surface area contributed by atoms with Crippen LogP contribution in [0.4, 0.5) is 0 Å². The molecule has 10 nitrogen and oxygen atoms in total. The lowest BCUT2D eigenvalue weighted by atomic mass is 10.0. The molecule has 0 spiro atoms. The van der Waals surface area contributed by atoms with Crippen LogP contribution in [0.5, 0.6) is 5.75 Å². The van der Waals surface area contributed by atoms with Crippen LogP contribution in [-0.4, -0.2) is 65.4 Å². The van der Waals surface area contributed by atoms with E-state index in [2.05, 4.69) is 0 Å². The second kappa shape index (κ2) is 8.50. The van der Waals surface area contributed by atoms with Gasteiger partial charge in [-0.1, -0.05) is 11.6 Å². The smallest absolute Gasteiger partial charge is 0.420 e. The number of hydrogen-bond donors (Lipinski definition) is 3. The molecule has 11 heteroatoms. The Morgan fingerprint density at radius 2 is 2.14 bits per heavy atom. The van der Waals surface area contributed by atoms with E-state index >= 15 is 0 Å². The van der Waals surface area contributed by atoms with Crippen molar-refractivity contribution in [2.24, 2.45) is 5.73 Å². The predicted molar refractivity (Wildman–Crippen MR) is 97.4 cm³/mol. The van der Waals surface area contributed by atoms with Crippen LogP contribution in [0.15, 0.2) is 21.3 Å². The lowest BCUT2D eigenvalue weighted by molar-refractivity contribution is -0.152. The third kappa shape index (κ3) is 4.15. The Bertz CT molecular complexity index is 906. The van der Waals surface area contributed by atoms with Gasteiger partial charge in [-0.05, 0) is 6.07 Å². The number of nitrogens with two attached hydrogens (primary N) is 1. The van der Waals surface area contributed by atoms with Crippen molar-refractivity contribution in [2.45, 2.75) is 24.6 Å². The fourth-order valence-corrected chi connectivity index (χ4v) is 2.80. The van der Waals surface area contributed by atoms with Gasteiger partial charge in [0.25, 0.3) is 0 Å². The molecule has 0 bridgehead atoms. The number of rotatable bonds is 9. The summed E-state index contributed by atoms with van der Waals surface area (Å²) in [6, 6.07) is 2.94. The first kappa shape index (κ1) is 20.6. The number of fused-ring (bicyclic) bond motifs is 1. The highest BCUT2D eigenvalue weighted by Crippen LogP contribution is 2.31. The van der Waals surface area contributed by atoms with E-state index in [0.29, 0.717) is 24.5 Å². The molecule has 1 aromatic carbocycles. The van der Waals surface area contributed by atoms with E-state index in [0.717, 1.165) is 4.57 Å². The van der Waals surface area contributed by atoms with Gasteiger partial charge in [0.2, 0.25) is 0 Å². The van der Waals surface area contributed by atoms with E-state index in [4.69, 9.17) is 41.1 Å². The SMILES string of the molecule is NC(CO)(Cn1c(=O)oc2cc(OC3COC3)c(Cl)cc21)C(=O)OCCCO. The molecule has 4 N–H and O–H groups in total. The fourth-order valence-electron chi connectivity index (χ4n) is 2.60. The van der Waals surface area contributed by atoms with E-state index in [9.17, 15) is 14.7 Å². The van der Waals surface area contributed by atoms with Gasteiger partial charge in [-0.25, -0.2) is 9.59 Å². The first-order chi connectivity index (χ1) is 13.4. The Hall–Kier alpha value is -2.11. The van der Waals surface area contributed by atoms with Gasteiger partial charge in [-0.3, -0.25) is 4.57 Å². The van der Waals surface area contributed by atoms with Crippen LogP contribution in [0.1, 0.15) is 6.42 Å². The number of aliphatic hydroxyl groups excluding tert-OH is 2. The fraction of sp³-hybridized carbons (Fsp3) is 0.529. The summed E-state index contributed by atoms with van der Waals surface area (Å²) < 4.78 is 22.0. The largest absolute Gasteiger partial charge is 0.484 e. The van der Waals surface area contributed by atoms with Crippen LogP contribution < -0.4 is 16.2 Å². The number of benzene rings is 1. The van der Waals surface area contributed by atoms with Crippen LogP contribution >= 0.6 is 11.6 Å². The highest BCUT2D eigenvalue weighted by atomic mass is 35.5. The van der Waals surface area contributed by atoms with E-state index in [1.165, 1.54) is 12.1 Å². The third-order valence-corrected chi connectivity index (χ3v) is 4.58. The maximum atomic E-state index is 12.3. The topological polar surface area (TPSA) is 146 Å². The molecule has 0 amide bonds. The molecule has 2 heterocycles. The van der Waals surface area contributed by atoms with Crippen molar-refractivity contribution in [1.82, 2.24) is 4.57 Å². The Morgan fingerprint density at radius 1 is 1.39 bits per heavy atom. The van der Waals surface area contributed by atoms with Gasteiger partial charge in [0.05, 0.1) is 43.5 Å². The second-order valence-corrected chi connectivity index (χ2v) is 6.92. The minimum atomic E-state index is -1.87. The number of aliphatic hydroxyl groups is 2. The van der Waals surface area contributed by atoms with Crippen molar-refractivity contribution in [1.29, 1.82) is 0 Å². The second-order valence-electron chi connectivity index (χ2n) is 6.51. The van der Waals surface area contributed by atoms with Gasteiger partial charge in [0.15, 0.2) is 11.1 Å². The molecular weight excluding hydrogens is 396 g/mol. The summed E-state index contributed by atoms with van der Waals surface area (Å²) in [6.45, 7) is -0.479. The minimum Gasteiger partial charge on any atom is -0.484 e. The van der Waals surface area contributed by atoms with E-state index < -0.39 is 23.9 Å². The van der Waals surface area contributed by atoms with Gasteiger partial charge >= 0.3 is 11.7 Å². The van der Waals surface area contributed by atoms with Crippen molar-refractivity contribution in [3.8, 4) is 5.75 Å². The molecule has 0 radical (unpaired) electrons. The number of hydrogen-bond acceptors (Lipinski definition) is 9. The lowest BCUT2D eigenvalue weighted by Crippen LogP contribution is -2.56. The number of carbonyl (C=O) groups is 1. The van der Waals surface area contributed by atoms with Crippen LogP contribution in [0.3, 0.4) is 0 Å². The predicted octanol–water partition coefficient (Wildman–Crippen LogP) is -0.359. The molecule has 0 aliphatic carbocycles. The first-order valence-corrected chi connectivity index (χ1v) is 9.01. The van der Waals surface area contributed by atoms with Crippen molar-refractivity contribution in [3.63, 3.8) is 0 Å². The summed E-state index contributed by atoms with van der Waals surface area (Å²) in [4.78, 5) is 24.5. The summed E-state index contributed by atoms with van der Waals surface area (Å²) in [5.74, 6) is -1.34. The Labute approximate surface area is 164 Å². The first-order valence-electron chi connectivity index (χ1n) is 8.63. The lowest BCUT2D eigenvalue weighted by Gasteiger charge is -2.27. The molecule has 154 valence electrons. The molecule has 28 heavy (non-hydrogen) atoms. The third-order valence-electron chi connectivity index (χ3n) is 4.29. The number of esters is 1. The molecule has 1 unspecified atom stereocenters. The monoisotopic (exact) mass is 416 g/mol. The summed E-state index contributed by atoms with van der Waals surface area (Å²) in [5.41, 5.74) is 4.58. The number of oxazole rings is 1. The number of aromatic nitrogens is 1. The number of nitrogens with zero attached hydrogens (tertiary/aromatic N) is 1. The number of ether oxygens (including phenoxy) is 3. The molecule has 3 rings (SSSR count). The van der Waals surface area contributed by atoms with Gasteiger partial charge in [0, 0.05) is 19.1 Å². The van der Waals surface area contributed by atoms with E-state index in [1.807, 2.05) is 0 Å². The van der Waals surface area contributed by atoms with Crippen molar-refractivity contribution >= 4 is 28.7 Å². The molecule has 1 aliphatic heterocycles. The zero-order chi connectivity index (χ0) is 20.3. The highest BCUT2D eigenvalue weighted by Gasteiger charge is 2.37. The molecule has 1 aliphatic rings. The van der Waals surface area contributed by atoms with Crippen LogP contribution in [0.25, 0.3) is 11.1 Å².